The van der Waals surface area contributed by atoms with Crippen LogP contribution in [-0.2, 0) is 24.1 Å². The second-order valence-electron chi connectivity index (χ2n) is 6.78. The average molecular weight is 365 g/mol. The fourth-order valence-corrected chi connectivity index (χ4v) is 3.55. The molecule has 4 rings (SSSR count). The van der Waals surface area contributed by atoms with E-state index in [0.717, 1.165) is 40.9 Å². The number of hydrogen-bond donors (Lipinski definition) is 1. The Kier molecular flexibility index (Phi) is 5.01. The summed E-state index contributed by atoms with van der Waals surface area (Å²) in [4.78, 5) is 12.3. The highest BCUT2D eigenvalue weighted by atomic mass is 16.5. The number of carbonyl (C=O) groups is 1. The zero-order valence-corrected chi connectivity index (χ0v) is 15.4. The van der Waals surface area contributed by atoms with Gasteiger partial charge in [-0.05, 0) is 66.8 Å². The van der Waals surface area contributed by atoms with E-state index < -0.39 is 0 Å². The lowest BCUT2D eigenvalue weighted by Gasteiger charge is -2.08. The maximum absolute atomic E-state index is 12.3. The number of hydrogen-bond acceptors (Lipinski definition) is 4. The molecule has 5 nitrogen and oxygen atoms in total. The van der Waals surface area contributed by atoms with Crippen LogP contribution in [0, 0.1) is 0 Å². The summed E-state index contributed by atoms with van der Waals surface area (Å²) in [5, 5.41) is 3.96. The predicted octanol–water partition coefficient (Wildman–Crippen LogP) is 3.67. The summed E-state index contributed by atoms with van der Waals surface area (Å²) in [5.41, 5.74) is 4.58. The molecule has 0 bridgehead atoms. The van der Waals surface area contributed by atoms with Gasteiger partial charge in [0, 0.05) is 10.9 Å². The highest BCUT2D eigenvalue weighted by molar-refractivity contribution is 5.88. The number of aryl methyl sites for hydroxylation is 2. The minimum atomic E-state index is -0.0310. The van der Waals surface area contributed by atoms with E-state index in [2.05, 4.69) is 17.4 Å². The van der Waals surface area contributed by atoms with Gasteiger partial charge >= 0.3 is 0 Å². The highest BCUT2D eigenvalue weighted by Gasteiger charge is 2.16. The van der Waals surface area contributed by atoms with Crippen LogP contribution in [0.15, 0.2) is 47.1 Å². The molecule has 0 fully saturated rings. The third-order valence-corrected chi connectivity index (χ3v) is 4.97. The first kappa shape index (κ1) is 17.5. The van der Waals surface area contributed by atoms with Gasteiger partial charge in [-0.15, -0.1) is 0 Å². The Morgan fingerprint density at radius 1 is 1.11 bits per heavy atom. The molecule has 0 unspecified atom stereocenters. The van der Waals surface area contributed by atoms with Crippen LogP contribution in [-0.4, -0.2) is 26.2 Å². The van der Waals surface area contributed by atoms with Gasteiger partial charge in [-0.3, -0.25) is 4.79 Å². The normalized spacial score (nSPS) is 12.8. The number of nitrogens with one attached hydrogen (secondary N) is 1. The molecule has 0 spiro atoms. The van der Waals surface area contributed by atoms with Crippen LogP contribution in [0.2, 0.25) is 0 Å². The van der Waals surface area contributed by atoms with Crippen LogP contribution in [0.25, 0.3) is 11.0 Å². The zero-order valence-electron chi connectivity index (χ0n) is 15.4. The van der Waals surface area contributed by atoms with Crippen molar-refractivity contribution in [2.24, 2.45) is 0 Å². The third kappa shape index (κ3) is 3.92. The highest BCUT2D eigenvalue weighted by Crippen LogP contribution is 2.30. The van der Waals surface area contributed by atoms with Crippen LogP contribution < -0.4 is 14.8 Å². The van der Waals surface area contributed by atoms with Crippen LogP contribution in [0.5, 0.6) is 11.5 Å². The van der Waals surface area contributed by atoms with Crippen molar-refractivity contribution in [1.29, 1.82) is 0 Å². The number of furan rings is 1. The summed E-state index contributed by atoms with van der Waals surface area (Å²) in [6.07, 6.45) is 5.45. The lowest BCUT2D eigenvalue weighted by atomic mass is 10.0. The number of ether oxygens (including phenoxy) is 2. The number of rotatable bonds is 7. The van der Waals surface area contributed by atoms with Gasteiger partial charge in [-0.1, -0.05) is 0 Å². The molecule has 1 aromatic heterocycles. The fourth-order valence-electron chi connectivity index (χ4n) is 3.55. The van der Waals surface area contributed by atoms with E-state index in [1.807, 2.05) is 24.3 Å². The van der Waals surface area contributed by atoms with Crippen LogP contribution in [0.4, 0.5) is 0 Å². The molecule has 1 amide bonds. The summed E-state index contributed by atoms with van der Waals surface area (Å²) in [5.74, 6) is 1.50. The Hall–Kier alpha value is -2.95. The van der Waals surface area contributed by atoms with E-state index in [1.165, 1.54) is 17.5 Å². The molecule has 27 heavy (non-hydrogen) atoms. The molecule has 140 valence electrons. The molecule has 2 aromatic carbocycles. The quantitative estimate of drug-likeness (QED) is 0.649. The minimum Gasteiger partial charge on any atom is -0.497 e. The number of amides is 1. The van der Waals surface area contributed by atoms with Gasteiger partial charge in [0.1, 0.15) is 23.7 Å². The van der Waals surface area contributed by atoms with Crippen LogP contribution in [0.3, 0.4) is 0 Å². The summed E-state index contributed by atoms with van der Waals surface area (Å²) < 4.78 is 16.4. The number of fused-ring (bicyclic) bond motifs is 2. The Labute approximate surface area is 158 Å². The molecule has 0 atom stereocenters. The topological polar surface area (TPSA) is 60.7 Å². The first-order valence-electron chi connectivity index (χ1n) is 9.28. The number of benzene rings is 2. The first-order chi connectivity index (χ1) is 13.2. The van der Waals surface area contributed by atoms with Crippen molar-refractivity contribution in [3.63, 3.8) is 0 Å². The van der Waals surface area contributed by atoms with E-state index in [0.29, 0.717) is 19.6 Å². The predicted molar refractivity (Wildman–Crippen MR) is 103 cm³/mol. The van der Waals surface area contributed by atoms with E-state index in [4.69, 9.17) is 13.9 Å². The van der Waals surface area contributed by atoms with Crippen molar-refractivity contribution in [3.8, 4) is 11.5 Å². The maximum atomic E-state index is 12.3. The molecular weight excluding hydrogens is 342 g/mol. The van der Waals surface area contributed by atoms with E-state index in [1.54, 1.807) is 13.4 Å². The van der Waals surface area contributed by atoms with Crippen LogP contribution >= 0.6 is 0 Å². The molecule has 5 heteroatoms. The van der Waals surface area contributed by atoms with Crippen molar-refractivity contribution in [2.45, 2.75) is 25.7 Å². The van der Waals surface area contributed by atoms with Gasteiger partial charge in [0.05, 0.1) is 26.3 Å². The van der Waals surface area contributed by atoms with Crippen molar-refractivity contribution >= 4 is 16.9 Å². The van der Waals surface area contributed by atoms with Gasteiger partial charge in [-0.25, -0.2) is 0 Å². The van der Waals surface area contributed by atoms with E-state index >= 15 is 0 Å². The Morgan fingerprint density at radius 2 is 1.85 bits per heavy atom. The monoisotopic (exact) mass is 365 g/mol. The third-order valence-electron chi connectivity index (χ3n) is 4.97. The van der Waals surface area contributed by atoms with E-state index in [9.17, 15) is 4.79 Å². The standard InChI is InChI=1S/C22H23NO4/c1-25-18-5-7-19(8-6-18)26-10-9-23-22(24)13-17-14-27-21-12-16-4-2-3-15(16)11-20(17)21/h5-8,11-12,14H,2-4,9-10,13H2,1H3,(H,23,24). The SMILES string of the molecule is COc1ccc(OCCNC(=O)Cc2coc3cc4c(cc23)CCC4)cc1. The van der Waals surface area contributed by atoms with Gasteiger partial charge in [0.2, 0.25) is 5.91 Å². The molecule has 1 aliphatic carbocycles. The second-order valence-corrected chi connectivity index (χ2v) is 6.78. The lowest BCUT2D eigenvalue weighted by Crippen LogP contribution is -2.29. The molecule has 1 aliphatic rings. The Balaban J connectivity index is 1.28. The maximum Gasteiger partial charge on any atom is 0.224 e. The fraction of sp³-hybridized carbons (Fsp3) is 0.318. The Bertz CT molecular complexity index is 943. The molecule has 0 aliphatic heterocycles. The van der Waals surface area contributed by atoms with Gasteiger partial charge in [-0.2, -0.15) is 0 Å². The average Bonchev–Trinajstić information content (AvgIpc) is 3.30. The van der Waals surface area contributed by atoms with Crippen LogP contribution in [0.1, 0.15) is 23.1 Å². The smallest absolute Gasteiger partial charge is 0.224 e. The molecule has 1 heterocycles. The summed E-state index contributed by atoms with van der Waals surface area (Å²) in [6.45, 7) is 0.869. The molecule has 0 saturated heterocycles. The molecule has 0 saturated carbocycles. The first-order valence-corrected chi connectivity index (χ1v) is 9.28. The summed E-state index contributed by atoms with van der Waals surface area (Å²) >= 11 is 0. The lowest BCUT2D eigenvalue weighted by molar-refractivity contribution is -0.120. The molecular formula is C22H23NO4. The minimum absolute atomic E-state index is 0.0310. The van der Waals surface area contributed by atoms with Crippen molar-refractivity contribution in [1.82, 2.24) is 5.32 Å². The van der Waals surface area contributed by atoms with Crippen molar-refractivity contribution in [3.05, 3.63) is 59.4 Å². The Morgan fingerprint density at radius 3 is 2.63 bits per heavy atom. The number of methoxy groups -OCH3 is 1. The van der Waals surface area contributed by atoms with Gasteiger partial charge in [0.25, 0.3) is 0 Å². The largest absolute Gasteiger partial charge is 0.497 e. The van der Waals surface area contributed by atoms with Crippen molar-refractivity contribution < 1.29 is 18.7 Å². The molecule has 1 N–H and O–H groups in total. The molecule has 3 aromatic rings. The van der Waals surface area contributed by atoms with Gasteiger partial charge in [0.15, 0.2) is 0 Å². The van der Waals surface area contributed by atoms with Crippen molar-refractivity contribution in [2.75, 3.05) is 20.3 Å². The summed E-state index contributed by atoms with van der Waals surface area (Å²) in [7, 11) is 1.63. The molecule has 0 radical (unpaired) electrons. The number of carbonyl (C=O) groups excluding carboxylic acids is 1. The van der Waals surface area contributed by atoms with E-state index in [-0.39, 0.29) is 5.91 Å². The summed E-state index contributed by atoms with van der Waals surface area (Å²) in [6, 6.07) is 11.7. The zero-order chi connectivity index (χ0) is 18.6. The van der Waals surface area contributed by atoms with Gasteiger partial charge < -0.3 is 19.2 Å². The second kappa shape index (κ2) is 7.74.